The van der Waals surface area contributed by atoms with Gasteiger partial charge in [-0.15, -0.1) is 0 Å². The molecule has 2 N–H and O–H groups in total. The number of hydrogen-bond acceptors (Lipinski definition) is 7. The van der Waals surface area contributed by atoms with E-state index in [1.807, 2.05) is 24.4 Å². The molecule has 0 spiro atoms. The molecule has 2 heterocycles. The molecule has 4 rings (SSSR count). The number of nitriles is 1. The summed E-state index contributed by atoms with van der Waals surface area (Å²) in [6.07, 6.45) is 5.57. The van der Waals surface area contributed by atoms with Gasteiger partial charge in [-0.25, -0.2) is 10.3 Å². The molecule has 0 bridgehead atoms. The number of rotatable bonds is 6. The fraction of sp³-hybridized carbons (Fsp3) is 0.231. The van der Waals surface area contributed by atoms with Gasteiger partial charge in [0.2, 0.25) is 5.91 Å². The van der Waals surface area contributed by atoms with Crippen molar-refractivity contribution in [2.45, 2.75) is 12.5 Å². The molecule has 9 nitrogen and oxygen atoms in total. The fourth-order valence-corrected chi connectivity index (χ4v) is 5.25. The minimum absolute atomic E-state index is 0.0700. The van der Waals surface area contributed by atoms with Crippen LogP contribution in [0.3, 0.4) is 0 Å². The van der Waals surface area contributed by atoms with E-state index < -0.39 is 6.04 Å². The van der Waals surface area contributed by atoms with Crippen LogP contribution in [0.1, 0.15) is 5.56 Å². The average molecular weight is 628 g/mol. The second kappa shape index (κ2) is 12.6. The van der Waals surface area contributed by atoms with Crippen molar-refractivity contribution in [3.8, 4) is 17.7 Å². The number of aromatic nitrogens is 1. The molecule has 190 valence electrons. The number of para-hydroxylation sites is 1. The van der Waals surface area contributed by atoms with Crippen molar-refractivity contribution in [2.75, 3.05) is 31.1 Å². The summed E-state index contributed by atoms with van der Waals surface area (Å²) in [5, 5.41) is 21.8. The molecule has 1 amide bonds. The largest absolute Gasteiger partial charge is 0.506 e. The number of aliphatic imine (C=N–C) groups is 1. The minimum Gasteiger partial charge on any atom is -0.506 e. The normalized spacial score (nSPS) is 14.6. The third-order valence-electron chi connectivity index (χ3n) is 5.80. The number of hydrogen-bond donors (Lipinski definition) is 2. The average Bonchev–Trinajstić information content (AvgIpc) is 2.92. The molecule has 0 unspecified atom stereocenters. The Bertz CT molecular complexity index is 1270. The van der Waals surface area contributed by atoms with E-state index >= 15 is 0 Å². The van der Waals surface area contributed by atoms with Crippen LogP contribution in [0, 0.1) is 11.5 Å². The molecular weight excluding hydrogens is 604 g/mol. The van der Waals surface area contributed by atoms with Gasteiger partial charge >= 0.3 is 6.02 Å². The summed E-state index contributed by atoms with van der Waals surface area (Å²) in [4.78, 5) is 26.3. The molecule has 3 aromatic rings. The maximum atomic E-state index is 13.7. The molecule has 1 atom stereocenters. The van der Waals surface area contributed by atoms with Crippen molar-refractivity contribution in [2.24, 2.45) is 4.99 Å². The number of pyridine rings is 1. The van der Waals surface area contributed by atoms with Gasteiger partial charge in [-0.2, -0.15) is 5.26 Å². The molecule has 1 aromatic heterocycles. The first-order chi connectivity index (χ1) is 17.9. The standard InChI is InChI=1S/C26H24Br2N6O3/c27-21-14-18(15-22(28)24(21)35)16-23(32-26(31-17-29)37-20-4-2-1-3-5-20)25(36)34-12-10-33(11-13-34)19-6-8-30-9-7-19/h1-9,14-15,23,35H,10-13,16H2,(H,31,32)/t23-/m1/s1. The van der Waals surface area contributed by atoms with E-state index in [0.29, 0.717) is 40.9 Å². The highest BCUT2D eigenvalue weighted by Gasteiger charge is 2.29. The van der Waals surface area contributed by atoms with Crippen molar-refractivity contribution >= 4 is 49.5 Å². The predicted octanol–water partition coefficient (Wildman–Crippen LogP) is 4.08. The lowest BCUT2D eigenvalue weighted by Crippen LogP contribution is -2.52. The molecule has 0 radical (unpaired) electrons. The highest BCUT2D eigenvalue weighted by Crippen LogP contribution is 2.34. The summed E-state index contributed by atoms with van der Waals surface area (Å²) in [6, 6.07) is 15.4. The molecule has 1 aliphatic rings. The van der Waals surface area contributed by atoms with Crippen LogP contribution >= 0.6 is 31.9 Å². The number of nitrogens with one attached hydrogen (secondary N) is 1. The first kappa shape index (κ1) is 26.4. The monoisotopic (exact) mass is 626 g/mol. The molecule has 1 saturated heterocycles. The Morgan fingerprint density at radius 3 is 2.38 bits per heavy atom. The molecule has 0 saturated carbocycles. The summed E-state index contributed by atoms with van der Waals surface area (Å²) in [7, 11) is 0. The van der Waals surface area contributed by atoms with Gasteiger partial charge in [0, 0.05) is 50.7 Å². The SMILES string of the molecule is N#CNC(=N[C@H](Cc1cc(Br)c(O)c(Br)c1)C(=O)N1CCN(c2ccncc2)CC1)Oc1ccccc1. The quantitative estimate of drug-likeness (QED) is 0.183. The molecular formula is C26H24Br2N6O3. The van der Waals surface area contributed by atoms with E-state index in [2.05, 4.69) is 52.1 Å². The minimum atomic E-state index is -0.865. The summed E-state index contributed by atoms with van der Waals surface area (Å²) in [5.41, 5.74) is 1.83. The number of carbonyl (C=O) groups excluding carboxylic acids is 1. The molecule has 11 heteroatoms. The maximum Gasteiger partial charge on any atom is 0.304 e. The highest BCUT2D eigenvalue weighted by molar-refractivity contribution is 9.11. The van der Waals surface area contributed by atoms with Crippen LogP contribution in [0.2, 0.25) is 0 Å². The number of carbonyl (C=O) groups is 1. The van der Waals surface area contributed by atoms with Crippen LogP contribution < -0.4 is 15.0 Å². The smallest absolute Gasteiger partial charge is 0.304 e. The van der Waals surface area contributed by atoms with Gasteiger partial charge in [0.1, 0.15) is 17.5 Å². The number of ether oxygens (including phenoxy) is 1. The Hall–Kier alpha value is -3.62. The summed E-state index contributed by atoms with van der Waals surface area (Å²) in [6.45, 7) is 2.39. The molecule has 2 aromatic carbocycles. The first-order valence-electron chi connectivity index (χ1n) is 11.5. The van der Waals surface area contributed by atoms with Gasteiger partial charge in [-0.1, -0.05) is 18.2 Å². The van der Waals surface area contributed by atoms with Gasteiger partial charge in [0.05, 0.1) is 8.95 Å². The zero-order chi connectivity index (χ0) is 26.2. The lowest BCUT2D eigenvalue weighted by atomic mass is 10.0. The van der Waals surface area contributed by atoms with Gasteiger partial charge < -0.3 is 19.6 Å². The second-order valence-electron chi connectivity index (χ2n) is 8.23. The lowest BCUT2D eigenvalue weighted by molar-refractivity contribution is -0.132. The Balaban J connectivity index is 1.58. The van der Waals surface area contributed by atoms with Crippen LogP contribution in [0.15, 0.2) is 80.9 Å². The number of amidine groups is 1. The van der Waals surface area contributed by atoms with Crippen LogP contribution in [0.4, 0.5) is 5.69 Å². The van der Waals surface area contributed by atoms with Crippen molar-refractivity contribution in [3.05, 3.63) is 81.5 Å². The van der Waals surface area contributed by atoms with Crippen LogP contribution in [0.25, 0.3) is 0 Å². The van der Waals surface area contributed by atoms with E-state index in [9.17, 15) is 15.2 Å². The van der Waals surface area contributed by atoms with E-state index in [1.165, 1.54) is 0 Å². The second-order valence-corrected chi connectivity index (χ2v) is 9.94. The third-order valence-corrected chi connectivity index (χ3v) is 7.01. The summed E-state index contributed by atoms with van der Waals surface area (Å²) >= 11 is 6.70. The van der Waals surface area contributed by atoms with Crippen LogP contribution in [0.5, 0.6) is 11.5 Å². The van der Waals surface area contributed by atoms with Gasteiger partial charge in [-0.05, 0) is 73.8 Å². The summed E-state index contributed by atoms with van der Waals surface area (Å²) in [5.74, 6) is 0.376. The molecule has 37 heavy (non-hydrogen) atoms. The van der Waals surface area contributed by atoms with Crippen LogP contribution in [-0.4, -0.2) is 59.1 Å². The Morgan fingerprint density at radius 2 is 1.76 bits per heavy atom. The van der Waals surface area contributed by atoms with Gasteiger partial charge in [0.15, 0.2) is 6.19 Å². The zero-order valence-electron chi connectivity index (χ0n) is 19.7. The van der Waals surface area contributed by atoms with E-state index in [1.54, 1.807) is 53.7 Å². The Morgan fingerprint density at radius 1 is 1.11 bits per heavy atom. The van der Waals surface area contributed by atoms with Gasteiger partial charge in [0.25, 0.3) is 0 Å². The number of amides is 1. The predicted molar refractivity (Wildman–Crippen MR) is 147 cm³/mol. The molecule has 1 aliphatic heterocycles. The van der Waals surface area contributed by atoms with Crippen molar-refractivity contribution in [1.82, 2.24) is 15.2 Å². The number of phenolic OH excluding ortho intramolecular Hbond substituents is 1. The Kier molecular flexibility index (Phi) is 8.98. The van der Waals surface area contributed by atoms with E-state index in [0.717, 1.165) is 11.3 Å². The number of aromatic hydroxyl groups is 1. The van der Waals surface area contributed by atoms with Crippen molar-refractivity contribution in [3.63, 3.8) is 0 Å². The zero-order valence-corrected chi connectivity index (χ0v) is 22.9. The maximum absolute atomic E-state index is 13.7. The fourth-order valence-electron chi connectivity index (χ4n) is 3.97. The van der Waals surface area contributed by atoms with E-state index in [-0.39, 0.29) is 24.1 Å². The van der Waals surface area contributed by atoms with Gasteiger partial charge in [-0.3, -0.25) is 9.78 Å². The number of phenols is 1. The Labute approximate surface area is 231 Å². The number of piperazine rings is 1. The topological polar surface area (TPSA) is 114 Å². The van der Waals surface area contributed by atoms with Crippen LogP contribution in [-0.2, 0) is 11.2 Å². The number of benzene rings is 2. The number of nitrogens with zero attached hydrogens (tertiary/aromatic N) is 5. The number of halogens is 2. The van der Waals surface area contributed by atoms with E-state index in [4.69, 9.17) is 4.74 Å². The third kappa shape index (κ3) is 6.99. The molecule has 1 fully saturated rings. The first-order valence-corrected chi connectivity index (χ1v) is 13.1. The molecule has 0 aliphatic carbocycles. The highest BCUT2D eigenvalue weighted by atomic mass is 79.9. The summed E-state index contributed by atoms with van der Waals surface area (Å²) < 4.78 is 6.76. The van der Waals surface area contributed by atoms with Crippen molar-refractivity contribution < 1.29 is 14.6 Å². The number of anilines is 1. The lowest BCUT2D eigenvalue weighted by Gasteiger charge is -2.37. The van der Waals surface area contributed by atoms with Crippen molar-refractivity contribution in [1.29, 1.82) is 5.26 Å².